The monoisotopic (exact) mass is 371 g/mol. The fraction of sp³-hybridized carbons (Fsp3) is 0.611. The lowest BCUT2D eigenvalue weighted by Gasteiger charge is -2.33. The van der Waals surface area contributed by atoms with Crippen molar-refractivity contribution in [3.05, 3.63) is 35.6 Å². The van der Waals surface area contributed by atoms with Gasteiger partial charge in [-0.15, -0.1) is 0 Å². The van der Waals surface area contributed by atoms with Gasteiger partial charge in [0.15, 0.2) is 9.84 Å². The van der Waals surface area contributed by atoms with Crippen LogP contribution >= 0.6 is 0 Å². The molecule has 5 nitrogen and oxygen atoms in total. The van der Waals surface area contributed by atoms with Crippen LogP contribution in [-0.2, 0) is 20.3 Å². The lowest BCUT2D eigenvalue weighted by molar-refractivity contribution is 0.0191. The number of benzene rings is 1. The molecule has 25 heavy (non-hydrogen) atoms. The number of rotatable bonds is 4. The van der Waals surface area contributed by atoms with Crippen molar-refractivity contribution in [1.29, 1.82) is 0 Å². The van der Waals surface area contributed by atoms with Crippen molar-refractivity contribution in [2.24, 2.45) is 5.92 Å². The van der Waals surface area contributed by atoms with E-state index in [1.54, 1.807) is 4.90 Å². The highest BCUT2D eigenvalue weighted by atomic mass is 32.2. The molecule has 1 aliphatic rings. The number of piperidine rings is 1. The molecule has 140 valence electrons. The van der Waals surface area contributed by atoms with E-state index in [0.29, 0.717) is 31.5 Å². The van der Waals surface area contributed by atoms with Gasteiger partial charge in [0.05, 0.1) is 11.5 Å². The second-order valence-electron chi connectivity index (χ2n) is 7.59. The number of sulfone groups is 1. The van der Waals surface area contributed by atoms with Gasteiger partial charge in [-0.3, -0.25) is 0 Å². The van der Waals surface area contributed by atoms with Crippen molar-refractivity contribution in [3.63, 3.8) is 0 Å². The van der Waals surface area contributed by atoms with Crippen molar-refractivity contribution in [2.45, 2.75) is 45.0 Å². The number of likely N-dealkylation sites (tertiary alicyclic amines) is 1. The van der Waals surface area contributed by atoms with Crippen LogP contribution in [0.4, 0.5) is 9.18 Å². The number of hydrogen-bond donors (Lipinski definition) is 0. The largest absolute Gasteiger partial charge is 0.444 e. The molecule has 1 heterocycles. The van der Waals surface area contributed by atoms with Gasteiger partial charge in [-0.05, 0) is 57.2 Å². The van der Waals surface area contributed by atoms with Gasteiger partial charge in [0.1, 0.15) is 11.4 Å². The van der Waals surface area contributed by atoms with Crippen LogP contribution in [0.1, 0.15) is 39.2 Å². The Labute approximate surface area is 149 Å². The highest BCUT2D eigenvalue weighted by molar-refractivity contribution is 7.90. The summed E-state index contributed by atoms with van der Waals surface area (Å²) in [6.45, 7) is 6.47. The van der Waals surface area contributed by atoms with Gasteiger partial charge in [0, 0.05) is 13.1 Å². The molecular formula is C18H26FNO4S. The van der Waals surface area contributed by atoms with Gasteiger partial charge in [0.25, 0.3) is 0 Å². The minimum absolute atomic E-state index is 0.0316. The Kier molecular flexibility index (Phi) is 6.08. The first-order chi connectivity index (χ1) is 11.5. The number of nitrogens with zero attached hydrogens (tertiary/aromatic N) is 1. The zero-order valence-electron chi connectivity index (χ0n) is 15.0. The predicted molar refractivity (Wildman–Crippen MR) is 94.4 cm³/mol. The van der Waals surface area contributed by atoms with Crippen LogP contribution in [0.25, 0.3) is 0 Å². The Morgan fingerprint density at radius 1 is 1.20 bits per heavy atom. The van der Waals surface area contributed by atoms with E-state index in [-0.39, 0.29) is 29.3 Å². The second kappa shape index (κ2) is 7.72. The van der Waals surface area contributed by atoms with E-state index in [2.05, 4.69) is 0 Å². The molecule has 1 aromatic rings. The zero-order chi connectivity index (χ0) is 18.7. The summed E-state index contributed by atoms with van der Waals surface area (Å²) in [5.74, 6) is -0.341. The van der Waals surface area contributed by atoms with Gasteiger partial charge in [-0.25, -0.2) is 17.6 Å². The molecule has 0 radical (unpaired) electrons. The van der Waals surface area contributed by atoms with Crippen LogP contribution in [0.3, 0.4) is 0 Å². The molecule has 1 amide bonds. The van der Waals surface area contributed by atoms with Crippen LogP contribution < -0.4 is 0 Å². The number of amides is 1. The number of carbonyl (C=O) groups is 1. The first-order valence-corrected chi connectivity index (χ1v) is 10.3. The Balaban J connectivity index is 1.84. The van der Waals surface area contributed by atoms with E-state index in [1.165, 1.54) is 24.3 Å². The molecule has 1 saturated heterocycles. The van der Waals surface area contributed by atoms with E-state index in [4.69, 9.17) is 4.74 Å². The molecule has 1 fully saturated rings. The van der Waals surface area contributed by atoms with Crippen LogP contribution in [0, 0.1) is 11.7 Å². The maximum absolute atomic E-state index is 12.9. The highest BCUT2D eigenvalue weighted by Gasteiger charge is 2.29. The SMILES string of the molecule is CC(C)(C)OC(=O)N1CCC(CS(=O)(=O)Cc2ccc(F)cc2)CC1. The summed E-state index contributed by atoms with van der Waals surface area (Å²) in [5.41, 5.74) is 0.0551. The van der Waals surface area contributed by atoms with Crippen molar-refractivity contribution in [3.8, 4) is 0 Å². The smallest absolute Gasteiger partial charge is 0.410 e. The minimum atomic E-state index is -3.27. The normalized spacial score (nSPS) is 16.7. The van der Waals surface area contributed by atoms with Gasteiger partial charge in [-0.2, -0.15) is 0 Å². The zero-order valence-corrected chi connectivity index (χ0v) is 15.8. The molecule has 0 aromatic heterocycles. The summed E-state index contributed by atoms with van der Waals surface area (Å²) in [7, 11) is -3.27. The lowest BCUT2D eigenvalue weighted by atomic mass is 9.99. The number of hydrogen-bond acceptors (Lipinski definition) is 4. The Morgan fingerprint density at radius 3 is 2.28 bits per heavy atom. The maximum atomic E-state index is 12.9. The van der Waals surface area contributed by atoms with Crippen molar-refractivity contribution in [2.75, 3.05) is 18.8 Å². The highest BCUT2D eigenvalue weighted by Crippen LogP contribution is 2.22. The van der Waals surface area contributed by atoms with Gasteiger partial charge in [0.2, 0.25) is 0 Å². The van der Waals surface area contributed by atoms with E-state index in [1.807, 2.05) is 20.8 Å². The second-order valence-corrected chi connectivity index (χ2v) is 9.70. The third-order valence-electron chi connectivity index (χ3n) is 4.06. The molecule has 0 aliphatic carbocycles. The standard InChI is InChI=1S/C18H26FNO4S/c1-18(2,3)24-17(21)20-10-8-15(9-11-20)13-25(22,23)12-14-4-6-16(19)7-5-14/h4-7,15H,8-13H2,1-3H3. The van der Waals surface area contributed by atoms with Crippen LogP contribution in [0.15, 0.2) is 24.3 Å². The topological polar surface area (TPSA) is 63.7 Å². The number of ether oxygens (including phenoxy) is 1. The molecule has 1 aliphatic heterocycles. The Morgan fingerprint density at radius 2 is 1.76 bits per heavy atom. The number of halogens is 1. The fourth-order valence-electron chi connectivity index (χ4n) is 2.86. The van der Waals surface area contributed by atoms with Gasteiger partial charge >= 0.3 is 6.09 Å². The average Bonchev–Trinajstić information content (AvgIpc) is 2.48. The van der Waals surface area contributed by atoms with E-state index in [0.717, 1.165) is 0 Å². The summed E-state index contributed by atoms with van der Waals surface area (Å²) < 4.78 is 43.0. The third-order valence-corrected chi connectivity index (χ3v) is 5.81. The number of carbonyl (C=O) groups excluding carboxylic acids is 1. The summed E-state index contributed by atoms with van der Waals surface area (Å²) in [6.07, 6.45) is 0.934. The Bertz CT molecular complexity index is 687. The maximum Gasteiger partial charge on any atom is 0.410 e. The van der Waals surface area contributed by atoms with Gasteiger partial charge < -0.3 is 9.64 Å². The molecule has 0 saturated carbocycles. The molecule has 0 bridgehead atoms. The first-order valence-electron chi connectivity index (χ1n) is 8.47. The van der Waals surface area contributed by atoms with E-state index < -0.39 is 15.4 Å². The van der Waals surface area contributed by atoms with E-state index in [9.17, 15) is 17.6 Å². The first kappa shape index (κ1) is 19.7. The minimum Gasteiger partial charge on any atom is -0.444 e. The van der Waals surface area contributed by atoms with Crippen LogP contribution in [-0.4, -0.2) is 43.9 Å². The third kappa shape index (κ3) is 6.65. The van der Waals surface area contributed by atoms with Crippen LogP contribution in [0.5, 0.6) is 0 Å². The van der Waals surface area contributed by atoms with Crippen LogP contribution in [0.2, 0.25) is 0 Å². The summed E-state index contributed by atoms with van der Waals surface area (Å²) in [6, 6.07) is 5.53. The predicted octanol–water partition coefficient (Wildman–Crippen LogP) is 3.39. The van der Waals surface area contributed by atoms with E-state index >= 15 is 0 Å². The molecule has 1 aromatic carbocycles. The summed E-state index contributed by atoms with van der Waals surface area (Å²) >= 11 is 0. The van der Waals surface area contributed by atoms with Crippen molar-refractivity contribution >= 4 is 15.9 Å². The summed E-state index contributed by atoms with van der Waals surface area (Å²) in [5, 5.41) is 0. The molecule has 2 rings (SSSR count). The summed E-state index contributed by atoms with van der Waals surface area (Å²) in [4.78, 5) is 13.7. The molecule has 0 unspecified atom stereocenters. The molecular weight excluding hydrogens is 345 g/mol. The molecule has 7 heteroatoms. The molecule has 0 spiro atoms. The lowest BCUT2D eigenvalue weighted by Crippen LogP contribution is -2.42. The molecule has 0 N–H and O–H groups in total. The van der Waals surface area contributed by atoms with Gasteiger partial charge in [-0.1, -0.05) is 12.1 Å². The Hall–Kier alpha value is -1.63. The van der Waals surface area contributed by atoms with Crippen molar-refractivity contribution in [1.82, 2.24) is 4.90 Å². The van der Waals surface area contributed by atoms with Crippen molar-refractivity contribution < 1.29 is 22.3 Å². The average molecular weight is 371 g/mol. The molecule has 0 atom stereocenters. The fourth-order valence-corrected chi connectivity index (χ4v) is 4.73. The quantitative estimate of drug-likeness (QED) is 0.814.